The van der Waals surface area contributed by atoms with E-state index in [1.165, 1.54) is 0 Å². The summed E-state index contributed by atoms with van der Waals surface area (Å²) in [5.41, 5.74) is 2.74. The van der Waals surface area contributed by atoms with E-state index in [9.17, 15) is 18.0 Å². The van der Waals surface area contributed by atoms with Crippen LogP contribution in [0.15, 0.2) is 12.1 Å². The summed E-state index contributed by atoms with van der Waals surface area (Å²) in [4.78, 5) is 11.4. The maximum Gasteiger partial charge on any atom is 0.416 e. The van der Waals surface area contributed by atoms with Gasteiger partial charge in [-0.25, -0.2) is 0 Å². The molecule has 2 N–H and O–H groups in total. The summed E-state index contributed by atoms with van der Waals surface area (Å²) in [7, 11) is 0. The molecule has 0 aliphatic heterocycles. The fraction of sp³-hybridized carbons (Fsp3) is 0.500. The molecule has 1 unspecified atom stereocenters. The molecule has 1 rings (SSSR count). The van der Waals surface area contributed by atoms with Crippen LogP contribution >= 0.6 is 0 Å². The molecule has 0 radical (unpaired) electrons. The summed E-state index contributed by atoms with van der Waals surface area (Å²) >= 11 is 0. The average Bonchev–Trinajstić information content (AvgIpc) is 2.33. The van der Waals surface area contributed by atoms with Crippen LogP contribution in [0.4, 0.5) is 13.2 Å². The third-order valence-electron chi connectivity index (χ3n) is 2.82. The summed E-state index contributed by atoms with van der Waals surface area (Å²) in [5, 5.41) is 10.7. The first-order chi connectivity index (χ1) is 9.61. The minimum absolute atomic E-state index is 0.407. The zero-order valence-electron chi connectivity index (χ0n) is 12.0. The van der Waals surface area contributed by atoms with Crippen LogP contribution in [0.25, 0.3) is 0 Å². The van der Waals surface area contributed by atoms with E-state index >= 15 is 0 Å². The number of carbonyl (C=O) groups excluding carboxylic acids is 1. The number of carbonyl (C=O) groups is 1. The average molecular weight is 305 g/mol. The minimum Gasteiger partial charge on any atom is -0.483 e. The van der Waals surface area contributed by atoms with Crippen molar-refractivity contribution in [2.75, 3.05) is 13.2 Å². The van der Waals surface area contributed by atoms with E-state index in [0.717, 1.165) is 16.7 Å². The molecule has 0 spiro atoms. The number of halogens is 3. The highest BCUT2D eigenvalue weighted by atomic mass is 19.4. The number of aliphatic hydroxyl groups excluding tert-OH is 1. The third kappa shape index (κ3) is 5.26. The van der Waals surface area contributed by atoms with Crippen molar-refractivity contribution in [2.45, 2.75) is 33.1 Å². The van der Waals surface area contributed by atoms with Gasteiger partial charge >= 0.3 is 6.18 Å². The van der Waals surface area contributed by atoms with E-state index in [0.29, 0.717) is 5.75 Å². The van der Waals surface area contributed by atoms with Gasteiger partial charge in [-0.3, -0.25) is 4.79 Å². The number of nitrogens with one attached hydrogen (secondary N) is 1. The minimum atomic E-state index is -4.75. The van der Waals surface area contributed by atoms with Crippen molar-refractivity contribution in [1.29, 1.82) is 0 Å². The van der Waals surface area contributed by atoms with Crippen LogP contribution in [0.5, 0.6) is 5.75 Å². The van der Waals surface area contributed by atoms with Crippen molar-refractivity contribution in [2.24, 2.45) is 0 Å². The summed E-state index contributed by atoms with van der Waals surface area (Å²) < 4.78 is 41.5. The van der Waals surface area contributed by atoms with E-state index in [1.807, 2.05) is 38.2 Å². The lowest BCUT2D eigenvalue weighted by Gasteiger charge is -2.16. The molecule has 7 heteroatoms. The number of aliphatic hydroxyl groups is 1. The van der Waals surface area contributed by atoms with Crippen LogP contribution in [-0.2, 0) is 4.79 Å². The van der Waals surface area contributed by atoms with Crippen LogP contribution in [0.1, 0.15) is 16.7 Å². The normalized spacial score (nSPS) is 12.9. The van der Waals surface area contributed by atoms with Gasteiger partial charge in [0.25, 0.3) is 5.91 Å². The van der Waals surface area contributed by atoms with Gasteiger partial charge in [-0.1, -0.05) is 17.7 Å². The van der Waals surface area contributed by atoms with Gasteiger partial charge in [-0.05, 0) is 31.9 Å². The molecule has 1 aromatic rings. The first-order valence-corrected chi connectivity index (χ1v) is 6.33. The topological polar surface area (TPSA) is 58.6 Å². The maximum absolute atomic E-state index is 12.1. The van der Waals surface area contributed by atoms with Crippen LogP contribution in [-0.4, -0.2) is 36.4 Å². The molecule has 1 aromatic carbocycles. The Morgan fingerprint density at radius 3 is 2.29 bits per heavy atom. The molecule has 4 nitrogen and oxygen atoms in total. The molecule has 0 saturated heterocycles. The molecule has 21 heavy (non-hydrogen) atoms. The Kier molecular flexibility index (Phi) is 5.60. The molecule has 0 fully saturated rings. The van der Waals surface area contributed by atoms with Gasteiger partial charge in [0.2, 0.25) is 0 Å². The Morgan fingerprint density at radius 1 is 1.29 bits per heavy atom. The first kappa shape index (κ1) is 17.3. The van der Waals surface area contributed by atoms with Crippen molar-refractivity contribution >= 4 is 5.91 Å². The number of alkyl halides is 3. The lowest BCUT2D eigenvalue weighted by atomic mass is 10.1. The molecule has 118 valence electrons. The Labute approximate surface area is 120 Å². The predicted molar refractivity (Wildman–Crippen MR) is 71.2 cm³/mol. The first-order valence-electron chi connectivity index (χ1n) is 6.33. The second-order valence-corrected chi connectivity index (χ2v) is 4.88. The summed E-state index contributed by atoms with van der Waals surface area (Å²) in [6.45, 7) is 4.27. The number of rotatable bonds is 5. The zero-order valence-corrected chi connectivity index (χ0v) is 12.0. The lowest BCUT2D eigenvalue weighted by Crippen LogP contribution is -2.42. The van der Waals surface area contributed by atoms with Crippen molar-refractivity contribution in [3.05, 3.63) is 28.8 Å². The molecule has 0 aliphatic carbocycles. The Balaban J connectivity index is 2.51. The van der Waals surface area contributed by atoms with Crippen LogP contribution < -0.4 is 10.1 Å². The SMILES string of the molecule is Cc1cc(C)c(OCC(=O)NCC(O)C(F)(F)F)c(C)c1. The van der Waals surface area contributed by atoms with E-state index in [4.69, 9.17) is 9.84 Å². The number of aryl methyl sites for hydroxylation is 3. The number of hydrogen-bond donors (Lipinski definition) is 2. The largest absolute Gasteiger partial charge is 0.483 e. The molecule has 1 atom stereocenters. The number of hydrogen-bond acceptors (Lipinski definition) is 3. The van der Waals surface area contributed by atoms with Gasteiger partial charge in [0.1, 0.15) is 5.75 Å². The highest BCUT2D eigenvalue weighted by Crippen LogP contribution is 2.24. The third-order valence-corrected chi connectivity index (χ3v) is 2.82. The van der Waals surface area contributed by atoms with Crippen LogP contribution in [0, 0.1) is 20.8 Å². The van der Waals surface area contributed by atoms with Crippen molar-refractivity contribution in [1.82, 2.24) is 5.32 Å². The standard InChI is InChI=1S/C14H18F3NO3/c1-8-4-9(2)13(10(3)5-8)21-7-12(20)18-6-11(19)14(15,16)17/h4-5,11,19H,6-7H2,1-3H3,(H,18,20). The van der Waals surface area contributed by atoms with E-state index in [-0.39, 0.29) is 0 Å². The van der Waals surface area contributed by atoms with Gasteiger partial charge in [0.15, 0.2) is 12.7 Å². The van der Waals surface area contributed by atoms with Crippen LogP contribution in [0.3, 0.4) is 0 Å². The predicted octanol–water partition coefficient (Wildman–Crippen LogP) is 2.03. The maximum atomic E-state index is 12.1. The summed E-state index contributed by atoms with van der Waals surface area (Å²) in [6, 6.07) is 3.77. The van der Waals surface area contributed by atoms with Crippen molar-refractivity contribution in [3.8, 4) is 5.75 Å². The molecule has 0 saturated carbocycles. The van der Waals surface area contributed by atoms with Gasteiger partial charge < -0.3 is 15.2 Å². The monoisotopic (exact) mass is 305 g/mol. The molecule has 1 amide bonds. The van der Waals surface area contributed by atoms with Crippen molar-refractivity contribution < 1.29 is 27.8 Å². The number of benzene rings is 1. The molecular formula is C14H18F3NO3. The fourth-order valence-electron chi connectivity index (χ4n) is 1.91. The lowest BCUT2D eigenvalue weighted by molar-refractivity contribution is -0.201. The highest BCUT2D eigenvalue weighted by Gasteiger charge is 2.38. The Bertz CT molecular complexity index is 492. The smallest absolute Gasteiger partial charge is 0.416 e. The van der Waals surface area contributed by atoms with Crippen molar-refractivity contribution in [3.63, 3.8) is 0 Å². The molecular weight excluding hydrogens is 287 g/mol. The van der Waals surface area contributed by atoms with E-state index < -0.39 is 31.3 Å². The van der Waals surface area contributed by atoms with Gasteiger partial charge in [-0.15, -0.1) is 0 Å². The Morgan fingerprint density at radius 2 is 1.81 bits per heavy atom. The second kappa shape index (κ2) is 6.80. The number of amides is 1. The van der Waals surface area contributed by atoms with Gasteiger partial charge in [0.05, 0.1) is 6.54 Å². The summed E-state index contributed by atoms with van der Waals surface area (Å²) in [6.07, 6.45) is -7.33. The summed E-state index contributed by atoms with van der Waals surface area (Å²) in [5.74, 6) is -0.190. The zero-order chi connectivity index (χ0) is 16.2. The highest BCUT2D eigenvalue weighted by molar-refractivity contribution is 5.77. The molecule has 0 bridgehead atoms. The van der Waals surface area contributed by atoms with Gasteiger partial charge in [0, 0.05) is 0 Å². The van der Waals surface area contributed by atoms with Crippen LogP contribution in [0.2, 0.25) is 0 Å². The van der Waals surface area contributed by atoms with Gasteiger partial charge in [-0.2, -0.15) is 13.2 Å². The Hall–Kier alpha value is -1.76. The second-order valence-electron chi connectivity index (χ2n) is 4.88. The molecule has 0 aromatic heterocycles. The quantitative estimate of drug-likeness (QED) is 0.875. The molecule has 0 aliphatic rings. The van der Waals surface area contributed by atoms with E-state index in [1.54, 1.807) is 0 Å². The fourth-order valence-corrected chi connectivity index (χ4v) is 1.91. The number of ether oxygens (including phenoxy) is 1. The van der Waals surface area contributed by atoms with E-state index in [2.05, 4.69) is 0 Å². The molecule has 0 heterocycles.